The summed E-state index contributed by atoms with van der Waals surface area (Å²) >= 11 is 2.24. The molecule has 120 valence electrons. The Kier molecular flexibility index (Phi) is 5.05. The number of piperazine rings is 1. The summed E-state index contributed by atoms with van der Waals surface area (Å²) in [5, 5.41) is 3.00. The fourth-order valence-corrected chi connectivity index (χ4v) is 3.27. The third kappa shape index (κ3) is 3.96. The van der Waals surface area contributed by atoms with Crippen LogP contribution in [0.25, 0.3) is 0 Å². The Balaban J connectivity index is 1.58. The number of nitrogens with one attached hydrogen (secondary N) is 1. The fourth-order valence-electron chi connectivity index (χ4n) is 2.75. The molecule has 1 heterocycles. The number of nitrogens with zero attached hydrogens (tertiary/aromatic N) is 2. The molecule has 1 fully saturated rings. The number of para-hydroxylation sites is 1. The molecule has 2 aromatic carbocycles. The number of halogens is 1. The van der Waals surface area contributed by atoms with E-state index in [2.05, 4.69) is 64.0 Å². The third-order valence-electron chi connectivity index (χ3n) is 4.05. The molecule has 0 spiro atoms. The SMILES string of the molecule is Cc1cccc(N2CCN(C(=O)Nc3ccccc3I)CC2)c1. The topological polar surface area (TPSA) is 35.6 Å². The van der Waals surface area contributed by atoms with Crippen molar-refractivity contribution in [2.24, 2.45) is 0 Å². The van der Waals surface area contributed by atoms with E-state index in [1.165, 1.54) is 11.3 Å². The van der Waals surface area contributed by atoms with Gasteiger partial charge in [0.1, 0.15) is 0 Å². The molecule has 1 saturated heterocycles. The Morgan fingerprint density at radius 3 is 2.48 bits per heavy atom. The third-order valence-corrected chi connectivity index (χ3v) is 4.99. The first-order valence-corrected chi connectivity index (χ1v) is 8.83. The average Bonchev–Trinajstić information content (AvgIpc) is 2.57. The van der Waals surface area contributed by atoms with Crippen LogP contribution in [0.4, 0.5) is 16.2 Å². The molecule has 3 rings (SSSR count). The van der Waals surface area contributed by atoms with Crippen molar-refractivity contribution in [2.45, 2.75) is 6.92 Å². The van der Waals surface area contributed by atoms with Gasteiger partial charge in [0.25, 0.3) is 0 Å². The number of carbonyl (C=O) groups is 1. The molecule has 0 saturated carbocycles. The summed E-state index contributed by atoms with van der Waals surface area (Å²) in [5.41, 5.74) is 3.38. The number of hydrogen-bond donors (Lipinski definition) is 1. The number of rotatable bonds is 2. The molecule has 1 N–H and O–H groups in total. The first-order chi connectivity index (χ1) is 11.1. The van der Waals surface area contributed by atoms with Crippen molar-refractivity contribution in [2.75, 3.05) is 36.4 Å². The summed E-state index contributed by atoms with van der Waals surface area (Å²) in [5.74, 6) is 0. The summed E-state index contributed by atoms with van der Waals surface area (Å²) in [6.45, 7) is 5.31. The van der Waals surface area contributed by atoms with E-state index < -0.39 is 0 Å². The van der Waals surface area contributed by atoms with Gasteiger partial charge in [-0.2, -0.15) is 0 Å². The van der Waals surface area contributed by atoms with E-state index in [0.29, 0.717) is 0 Å². The van der Waals surface area contributed by atoms with Gasteiger partial charge in [-0.05, 0) is 59.3 Å². The highest BCUT2D eigenvalue weighted by atomic mass is 127. The maximum absolute atomic E-state index is 12.4. The molecule has 23 heavy (non-hydrogen) atoms. The predicted octanol–water partition coefficient (Wildman–Crippen LogP) is 3.95. The number of anilines is 2. The first kappa shape index (κ1) is 16.1. The highest BCUT2D eigenvalue weighted by molar-refractivity contribution is 14.1. The number of benzene rings is 2. The van der Waals surface area contributed by atoms with Crippen LogP contribution in [-0.4, -0.2) is 37.1 Å². The van der Waals surface area contributed by atoms with Crippen molar-refractivity contribution in [1.29, 1.82) is 0 Å². The highest BCUT2D eigenvalue weighted by Crippen LogP contribution is 2.20. The molecular formula is C18H20IN3O. The molecule has 1 aliphatic rings. The zero-order valence-electron chi connectivity index (χ0n) is 13.1. The Labute approximate surface area is 150 Å². The standard InChI is InChI=1S/C18H20IN3O/c1-14-5-4-6-15(13-14)21-9-11-22(12-10-21)18(23)20-17-8-3-2-7-16(17)19/h2-8,13H,9-12H2,1H3,(H,20,23). The van der Waals surface area contributed by atoms with Gasteiger partial charge in [0, 0.05) is 35.4 Å². The van der Waals surface area contributed by atoms with Crippen molar-refractivity contribution in [1.82, 2.24) is 4.90 Å². The van der Waals surface area contributed by atoms with Gasteiger partial charge in [0.2, 0.25) is 0 Å². The Bertz CT molecular complexity index is 696. The number of aryl methyl sites for hydroxylation is 1. The zero-order chi connectivity index (χ0) is 16.2. The number of urea groups is 1. The normalized spacial score (nSPS) is 14.7. The first-order valence-electron chi connectivity index (χ1n) is 7.75. The molecule has 0 radical (unpaired) electrons. The van der Waals surface area contributed by atoms with E-state index in [1.54, 1.807) is 0 Å². The lowest BCUT2D eigenvalue weighted by molar-refractivity contribution is 0.208. The van der Waals surface area contributed by atoms with Gasteiger partial charge in [0.15, 0.2) is 0 Å². The zero-order valence-corrected chi connectivity index (χ0v) is 15.3. The van der Waals surface area contributed by atoms with Crippen LogP contribution in [-0.2, 0) is 0 Å². The highest BCUT2D eigenvalue weighted by Gasteiger charge is 2.21. The maximum atomic E-state index is 12.4. The molecule has 0 bridgehead atoms. The van der Waals surface area contributed by atoms with Gasteiger partial charge in [-0.25, -0.2) is 4.79 Å². The quantitative estimate of drug-likeness (QED) is 0.746. The second-order valence-corrected chi connectivity index (χ2v) is 6.89. The molecule has 0 unspecified atom stereocenters. The molecule has 1 aliphatic heterocycles. The van der Waals surface area contributed by atoms with E-state index in [9.17, 15) is 4.79 Å². The second-order valence-electron chi connectivity index (χ2n) is 5.72. The van der Waals surface area contributed by atoms with Gasteiger partial charge in [0.05, 0.1) is 5.69 Å². The number of carbonyl (C=O) groups excluding carboxylic acids is 1. The van der Waals surface area contributed by atoms with Crippen LogP contribution in [0, 0.1) is 10.5 Å². The van der Waals surface area contributed by atoms with E-state index in [1.807, 2.05) is 29.2 Å². The molecular weight excluding hydrogens is 401 g/mol. The monoisotopic (exact) mass is 421 g/mol. The summed E-state index contributed by atoms with van der Waals surface area (Å²) in [4.78, 5) is 16.6. The van der Waals surface area contributed by atoms with Crippen LogP contribution in [0.1, 0.15) is 5.56 Å². The van der Waals surface area contributed by atoms with Gasteiger partial charge < -0.3 is 15.1 Å². The maximum Gasteiger partial charge on any atom is 0.321 e. The van der Waals surface area contributed by atoms with Crippen LogP contribution in [0.5, 0.6) is 0 Å². The van der Waals surface area contributed by atoms with Gasteiger partial charge in [-0.1, -0.05) is 24.3 Å². The van der Waals surface area contributed by atoms with E-state index >= 15 is 0 Å². The molecule has 4 nitrogen and oxygen atoms in total. The Morgan fingerprint density at radius 2 is 1.78 bits per heavy atom. The number of amides is 2. The number of hydrogen-bond acceptors (Lipinski definition) is 2. The van der Waals surface area contributed by atoms with Gasteiger partial charge >= 0.3 is 6.03 Å². The lowest BCUT2D eigenvalue weighted by Gasteiger charge is -2.36. The summed E-state index contributed by atoms with van der Waals surface area (Å²) < 4.78 is 1.05. The van der Waals surface area contributed by atoms with Crippen LogP contribution in [0.2, 0.25) is 0 Å². The minimum absolute atomic E-state index is 0.0157. The molecule has 0 aliphatic carbocycles. The van der Waals surface area contributed by atoms with Gasteiger partial charge in [-0.3, -0.25) is 0 Å². The predicted molar refractivity (Wildman–Crippen MR) is 103 cm³/mol. The van der Waals surface area contributed by atoms with E-state index in [4.69, 9.17) is 0 Å². The van der Waals surface area contributed by atoms with Crippen LogP contribution in [0.15, 0.2) is 48.5 Å². The Hall–Kier alpha value is -1.76. The van der Waals surface area contributed by atoms with Crippen molar-refractivity contribution in [3.63, 3.8) is 0 Å². The second kappa shape index (κ2) is 7.21. The molecule has 0 atom stereocenters. The van der Waals surface area contributed by atoms with Gasteiger partial charge in [-0.15, -0.1) is 0 Å². The minimum Gasteiger partial charge on any atom is -0.368 e. The fraction of sp³-hybridized carbons (Fsp3) is 0.278. The van der Waals surface area contributed by atoms with Crippen LogP contribution >= 0.6 is 22.6 Å². The van der Waals surface area contributed by atoms with Crippen molar-refractivity contribution in [3.8, 4) is 0 Å². The lowest BCUT2D eigenvalue weighted by Crippen LogP contribution is -2.50. The van der Waals surface area contributed by atoms with Crippen molar-refractivity contribution in [3.05, 3.63) is 57.7 Å². The molecule has 0 aromatic heterocycles. The summed E-state index contributed by atoms with van der Waals surface area (Å²) in [7, 11) is 0. The summed E-state index contributed by atoms with van der Waals surface area (Å²) in [6.07, 6.45) is 0. The van der Waals surface area contributed by atoms with Crippen LogP contribution < -0.4 is 10.2 Å². The molecule has 2 amide bonds. The molecule has 5 heteroatoms. The average molecular weight is 421 g/mol. The van der Waals surface area contributed by atoms with Crippen LogP contribution in [0.3, 0.4) is 0 Å². The Morgan fingerprint density at radius 1 is 1.04 bits per heavy atom. The van der Waals surface area contributed by atoms with E-state index in [0.717, 1.165) is 35.4 Å². The molecule has 2 aromatic rings. The minimum atomic E-state index is -0.0157. The smallest absolute Gasteiger partial charge is 0.321 e. The largest absolute Gasteiger partial charge is 0.368 e. The van der Waals surface area contributed by atoms with Crippen molar-refractivity contribution < 1.29 is 4.79 Å². The van der Waals surface area contributed by atoms with Crippen molar-refractivity contribution >= 4 is 40.0 Å². The lowest BCUT2D eigenvalue weighted by atomic mass is 10.2. The van der Waals surface area contributed by atoms with E-state index in [-0.39, 0.29) is 6.03 Å². The summed E-state index contributed by atoms with van der Waals surface area (Å²) in [6, 6.07) is 16.3.